The maximum Gasteiger partial charge on any atom is 0.296 e. The Labute approximate surface area is 205 Å². The van der Waals surface area contributed by atoms with E-state index in [1.54, 1.807) is 0 Å². The van der Waals surface area contributed by atoms with Gasteiger partial charge in [-0.2, -0.15) is 4.40 Å². The molecule has 0 fully saturated rings. The van der Waals surface area contributed by atoms with Gasteiger partial charge in [0, 0.05) is 5.41 Å². The largest absolute Gasteiger partial charge is 0.296 e. The van der Waals surface area contributed by atoms with E-state index in [0.29, 0.717) is 0 Å². The number of unbranched alkanes of at least 4 members (excludes halogenated alkanes) is 2. The summed E-state index contributed by atoms with van der Waals surface area (Å²) in [5, 5.41) is 2.73. The summed E-state index contributed by atoms with van der Waals surface area (Å²) in [5.74, 6) is 0. The molecule has 0 bridgehead atoms. The molecule has 5 rings (SSSR count). The van der Waals surface area contributed by atoms with E-state index < -0.39 is 0 Å². The van der Waals surface area contributed by atoms with E-state index in [1.165, 1.54) is 64.3 Å². The molecule has 0 N–H and O–H groups in total. The molecule has 0 spiro atoms. The van der Waals surface area contributed by atoms with E-state index in [2.05, 4.69) is 112 Å². The van der Waals surface area contributed by atoms with E-state index in [0.717, 1.165) is 12.8 Å². The third kappa shape index (κ3) is 2.84. The molecule has 0 saturated carbocycles. The second-order valence-corrected chi connectivity index (χ2v) is 11.3. The summed E-state index contributed by atoms with van der Waals surface area (Å²) in [7, 11) is 0. The second-order valence-electron chi connectivity index (χ2n) is 11.3. The van der Waals surface area contributed by atoms with Crippen molar-refractivity contribution < 1.29 is 4.57 Å². The van der Waals surface area contributed by atoms with Crippen molar-refractivity contribution in [1.82, 2.24) is 4.40 Å². The Morgan fingerprint density at radius 3 is 2.50 bits per heavy atom. The maximum atomic E-state index is 4.45. The number of hydrogen-bond donors (Lipinski definition) is 0. The monoisotopic (exact) mass is 453 g/mol. The van der Waals surface area contributed by atoms with Gasteiger partial charge in [0.25, 0.3) is 5.65 Å². The average Bonchev–Trinajstić information content (AvgIpc) is 3.19. The SMILES string of the molecule is C=CC1(CC)[n+]2c3ccc(C(C)(C)CCCCC)cc3n3ccc4cccc(c4c32)C1(C)CC. The van der Waals surface area contributed by atoms with Crippen LogP contribution in [-0.2, 0) is 16.4 Å². The number of pyridine rings is 1. The van der Waals surface area contributed by atoms with Gasteiger partial charge in [0.15, 0.2) is 11.0 Å². The number of benzene rings is 2. The standard InChI is InChI=1S/C32H41N2/c1-8-12-13-20-30(5,6)24-17-18-26-27(22-24)33-21-19-23-15-14-16-25-28(23)29(33)34(26)32(10-3,11-4)31(25,7)9-2/h10,14-19,21-22H,3,8-9,11-13,20H2,1-2,4-7H3/q+1. The minimum absolute atomic E-state index is 0.0328. The van der Waals surface area contributed by atoms with Crippen LogP contribution < -0.4 is 4.57 Å². The summed E-state index contributed by atoms with van der Waals surface area (Å²) in [4.78, 5) is 0. The highest BCUT2D eigenvalue weighted by atomic mass is 15.2. The highest BCUT2D eigenvalue weighted by Gasteiger charge is 2.55. The minimum Gasteiger partial charge on any atom is -0.212 e. The van der Waals surface area contributed by atoms with Crippen molar-refractivity contribution in [3.63, 3.8) is 0 Å². The third-order valence-corrected chi connectivity index (χ3v) is 9.36. The van der Waals surface area contributed by atoms with Crippen LogP contribution in [0.5, 0.6) is 0 Å². The molecule has 2 unspecified atom stereocenters. The van der Waals surface area contributed by atoms with Crippen LogP contribution in [0.2, 0.25) is 0 Å². The smallest absolute Gasteiger partial charge is 0.212 e. The fourth-order valence-electron chi connectivity index (χ4n) is 6.97. The molecule has 178 valence electrons. The molecular formula is C32H41N2+. The summed E-state index contributed by atoms with van der Waals surface area (Å²) >= 11 is 0. The first-order valence-electron chi connectivity index (χ1n) is 13.4. The number of fused-ring (bicyclic) bond motifs is 3. The van der Waals surface area contributed by atoms with Gasteiger partial charge >= 0.3 is 0 Å². The number of aromatic nitrogens is 2. The second kappa shape index (κ2) is 7.97. The molecule has 0 aliphatic carbocycles. The first kappa shape index (κ1) is 23.1. The summed E-state index contributed by atoms with van der Waals surface area (Å²) in [6, 6.07) is 16.4. The molecule has 2 aromatic carbocycles. The molecule has 0 amide bonds. The van der Waals surface area contributed by atoms with Crippen molar-refractivity contribution in [2.45, 2.75) is 96.4 Å². The molecule has 0 saturated heterocycles. The van der Waals surface area contributed by atoms with Crippen molar-refractivity contribution in [3.8, 4) is 0 Å². The van der Waals surface area contributed by atoms with Crippen LogP contribution >= 0.6 is 0 Å². The van der Waals surface area contributed by atoms with E-state index in [9.17, 15) is 0 Å². The van der Waals surface area contributed by atoms with E-state index in [4.69, 9.17) is 0 Å². The van der Waals surface area contributed by atoms with Crippen molar-refractivity contribution in [2.75, 3.05) is 0 Å². The lowest BCUT2D eigenvalue weighted by molar-refractivity contribution is -0.719. The number of nitrogens with zero attached hydrogens (tertiary/aromatic N) is 2. The topological polar surface area (TPSA) is 8.29 Å². The molecule has 4 aromatic rings. The highest BCUT2D eigenvalue weighted by Crippen LogP contribution is 2.50. The van der Waals surface area contributed by atoms with Gasteiger partial charge in [-0.25, -0.2) is 4.57 Å². The minimum atomic E-state index is -0.185. The molecule has 2 nitrogen and oxygen atoms in total. The van der Waals surface area contributed by atoms with Crippen LogP contribution in [0.3, 0.4) is 0 Å². The number of imidazole rings is 1. The van der Waals surface area contributed by atoms with Crippen LogP contribution in [0.1, 0.15) is 91.2 Å². The summed E-state index contributed by atoms with van der Waals surface area (Å²) in [6.45, 7) is 18.7. The van der Waals surface area contributed by atoms with Crippen molar-refractivity contribution in [1.29, 1.82) is 0 Å². The lowest BCUT2D eigenvalue weighted by Crippen LogP contribution is -2.66. The van der Waals surface area contributed by atoms with Gasteiger partial charge in [-0.05, 0) is 65.5 Å². The molecule has 34 heavy (non-hydrogen) atoms. The van der Waals surface area contributed by atoms with Gasteiger partial charge in [0.1, 0.15) is 5.54 Å². The normalized spacial score (nSPS) is 22.3. The van der Waals surface area contributed by atoms with Gasteiger partial charge in [-0.15, -0.1) is 0 Å². The Morgan fingerprint density at radius 1 is 1.03 bits per heavy atom. The lowest BCUT2D eigenvalue weighted by Gasteiger charge is -2.47. The summed E-state index contributed by atoms with van der Waals surface area (Å²) in [6.07, 6.45) is 11.7. The van der Waals surface area contributed by atoms with Crippen molar-refractivity contribution in [3.05, 3.63) is 72.4 Å². The van der Waals surface area contributed by atoms with E-state index in [1.807, 2.05) is 0 Å². The predicted octanol–water partition coefficient (Wildman–Crippen LogP) is 8.36. The first-order chi connectivity index (χ1) is 16.3. The average molecular weight is 454 g/mol. The molecule has 1 aliphatic heterocycles. The Bertz CT molecular complexity index is 1410. The number of hydrogen-bond acceptors (Lipinski definition) is 0. The zero-order valence-electron chi connectivity index (χ0n) is 22.0. The quantitative estimate of drug-likeness (QED) is 0.144. The van der Waals surface area contributed by atoms with Crippen LogP contribution in [0.25, 0.3) is 27.5 Å². The Kier molecular flexibility index (Phi) is 5.43. The van der Waals surface area contributed by atoms with Gasteiger partial charge in [-0.3, -0.25) is 0 Å². The molecule has 2 aromatic heterocycles. The van der Waals surface area contributed by atoms with Crippen LogP contribution in [0.15, 0.2) is 61.3 Å². The molecule has 2 heteroatoms. The van der Waals surface area contributed by atoms with Crippen LogP contribution in [0.4, 0.5) is 0 Å². The van der Waals surface area contributed by atoms with Crippen molar-refractivity contribution in [2.24, 2.45) is 0 Å². The highest BCUT2D eigenvalue weighted by molar-refractivity contribution is 5.99. The zero-order chi connectivity index (χ0) is 24.3. The Hall–Kier alpha value is -2.61. The van der Waals surface area contributed by atoms with Gasteiger partial charge < -0.3 is 0 Å². The van der Waals surface area contributed by atoms with Crippen LogP contribution in [-0.4, -0.2) is 4.40 Å². The maximum absolute atomic E-state index is 4.45. The molecule has 2 atom stereocenters. The number of rotatable bonds is 8. The molecule has 0 radical (unpaired) electrons. The molecule has 3 heterocycles. The first-order valence-corrected chi connectivity index (χ1v) is 13.4. The lowest BCUT2D eigenvalue weighted by atomic mass is 9.61. The Morgan fingerprint density at radius 2 is 1.82 bits per heavy atom. The van der Waals surface area contributed by atoms with Crippen LogP contribution in [0, 0.1) is 0 Å². The fraction of sp³-hybridized carbons (Fsp3) is 0.469. The zero-order valence-corrected chi connectivity index (χ0v) is 22.0. The molecular weight excluding hydrogens is 412 g/mol. The van der Waals surface area contributed by atoms with Gasteiger partial charge in [0.2, 0.25) is 0 Å². The number of allylic oxidation sites excluding steroid dienone is 1. The Balaban J connectivity index is 1.89. The van der Waals surface area contributed by atoms with Gasteiger partial charge in [-0.1, -0.05) is 91.6 Å². The van der Waals surface area contributed by atoms with Gasteiger partial charge in [0.05, 0.1) is 11.6 Å². The fourth-order valence-corrected chi connectivity index (χ4v) is 6.97. The summed E-state index contributed by atoms with van der Waals surface area (Å²) < 4.78 is 5.10. The molecule has 1 aliphatic rings. The predicted molar refractivity (Wildman–Crippen MR) is 146 cm³/mol. The third-order valence-electron chi connectivity index (χ3n) is 9.36. The van der Waals surface area contributed by atoms with Crippen molar-refractivity contribution >= 4 is 27.5 Å². The summed E-state index contributed by atoms with van der Waals surface area (Å²) in [5.41, 5.74) is 6.79. The van der Waals surface area contributed by atoms with E-state index >= 15 is 0 Å². The van der Waals surface area contributed by atoms with E-state index in [-0.39, 0.29) is 16.4 Å².